The molecule has 0 amide bonds. The third kappa shape index (κ3) is 53.1. The Bertz CT molecular complexity index is 776. The average Bonchev–Trinajstić information content (AvgIpc) is 3.14. The molecule has 0 rings (SSSR count). The Morgan fingerprint density at radius 2 is 0.545 bits per heavy atom. The Kier molecular flexibility index (Phi) is 54.3. The summed E-state index contributed by atoms with van der Waals surface area (Å²) < 4.78 is 0. The first-order chi connectivity index (χ1) is 26.4. The van der Waals surface area contributed by atoms with Crippen molar-refractivity contribution < 1.29 is 19.8 Å². The smallest absolute Gasteiger partial charge is 0.549 e. The minimum atomic E-state index is -0.947. The molecule has 0 bridgehead atoms. The number of aliphatic carboxylic acids is 2. The first kappa shape index (κ1) is 58.4. The van der Waals surface area contributed by atoms with Gasteiger partial charge in [-0.2, -0.15) is 0 Å². The van der Waals surface area contributed by atoms with Crippen LogP contribution in [0, 0.1) is 0 Å². The van der Waals surface area contributed by atoms with Crippen LogP contribution in [0.2, 0.25) is 0 Å². The van der Waals surface area contributed by atoms with Gasteiger partial charge in [0.1, 0.15) is 0 Å². The standard InChI is InChI=1S/2C24H45NO2.Ca/c2*1-3-5-7-9-11-13-15-17-19-21-25(23-24(26)27)22-20-18-16-14-12-10-8-6-4-2;/h2*7-10H,3-6,11-23H2,1-2H3,(H,26,27);/q;;+2/p-2/b2*9-7+,10-8+;. The maximum absolute atomic E-state index is 11.0. The molecule has 0 aromatic carbocycles. The molecule has 316 valence electrons. The number of hydrogen-bond acceptors (Lipinski definition) is 6. The second kappa shape index (κ2) is 51.1. The van der Waals surface area contributed by atoms with Gasteiger partial charge in [0, 0.05) is 13.1 Å². The topological polar surface area (TPSA) is 86.7 Å². The summed E-state index contributed by atoms with van der Waals surface area (Å²) in [4.78, 5) is 26.1. The summed E-state index contributed by atoms with van der Waals surface area (Å²) in [6, 6.07) is 0. The van der Waals surface area contributed by atoms with Crippen LogP contribution in [0.15, 0.2) is 48.6 Å². The Morgan fingerprint density at radius 1 is 0.345 bits per heavy atom. The number of unbranched alkanes of at least 4 members (excludes halogenated alkanes) is 20. The molecule has 0 fully saturated rings. The van der Waals surface area contributed by atoms with Gasteiger partial charge in [0.2, 0.25) is 0 Å². The third-order valence-corrected chi connectivity index (χ3v) is 9.57. The molecule has 6 nitrogen and oxygen atoms in total. The molecule has 0 aliphatic rings. The number of carboxylic acid groups (broad SMARTS) is 2. The van der Waals surface area contributed by atoms with Gasteiger partial charge in [-0.05, 0) is 129 Å². The van der Waals surface area contributed by atoms with Crippen LogP contribution in [-0.4, -0.2) is 98.7 Å². The minimum absolute atomic E-state index is 0. The first-order valence-corrected chi connectivity index (χ1v) is 22.8. The van der Waals surface area contributed by atoms with Crippen LogP contribution in [-0.2, 0) is 9.59 Å². The van der Waals surface area contributed by atoms with Crippen LogP contribution in [0.1, 0.15) is 207 Å². The van der Waals surface area contributed by atoms with Gasteiger partial charge in [-0.1, -0.05) is 153 Å². The van der Waals surface area contributed by atoms with E-state index in [2.05, 4.69) is 86.1 Å². The molecule has 55 heavy (non-hydrogen) atoms. The predicted octanol–water partition coefficient (Wildman–Crippen LogP) is 10.9. The van der Waals surface area contributed by atoms with Crippen LogP contribution in [0.3, 0.4) is 0 Å². The second-order valence-corrected chi connectivity index (χ2v) is 15.1. The maximum atomic E-state index is 11.0. The zero-order chi connectivity index (χ0) is 40.0. The van der Waals surface area contributed by atoms with Crippen molar-refractivity contribution in [1.29, 1.82) is 0 Å². The van der Waals surface area contributed by atoms with Gasteiger partial charge >= 0.3 is 37.7 Å². The Labute approximate surface area is 372 Å². The van der Waals surface area contributed by atoms with Gasteiger partial charge in [-0.3, -0.25) is 9.80 Å². The number of hydrogen-bond donors (Lipinski definition) is 0. The van der Waals surface area contributed by atoms with E-state index in [-0.39, 0.29) is 50.8 Å². The summed E-state index contributed by atoms with van der Waals surface area (Å²) in [5, 5.41) is 21.9. The van der Waals surface area contributed by atoms with E-state index >= 15 is 0 Å². The van der Waals surface area contributed by atoms with E-state index in [0.29, 0.717) is 0 Å². The molecule has 0 atom stereocenters. The molecule has 0 spiro atoms. The third-order valence-electron chi connectivity index (χ3n) is 9.57. The zero-order valence-corrected chi connectivity index (χ0v) is 39.1. The molecule has 0 heterocycles. The number of carboxylic acids is 2. The van der Waals surface area contributed by atoms with Gasteiger partial charge in [-0.25, -0.2) is 0 Å². The fraction of sp³-hybridized carbons (Fsp3) is 0.792. The summed E-state index contributed by atoms with van der Waals surface area (Å²) in [6.45, 7) is 12.5. The van der Waals surface area contributed by atoms with Gasteiger partial charge in [0.15, 0.2) is 0 Å². The van der Waals surface area contributed by atoms with Crippen LogP contribution in [0.4, 0.5) is 0 Å². The van der Waals surface area contributed by atoms with E-state index in [1.54, 1.807) is 0 Å². The predicted molar refractivity (Wildman–Crippen MR) is 237 cm³/mol. The molecule has 0 N–H and O–H groups in total. The Hall–Kier alpha value is -0.920. The van der Waals surface area contributed by atoms with Gasteiger partial charge < -0.3 is 19.8 Å². The van der Waals surface area contributed by atoms with E-state index in [1.165, 1.54) is 154 Å². The molecule has 0 aromatic rings. The fourth-order valence-electron chi connectivity index (χ4n) is 6.32. The van der Waals surface area contributed by atoms with Crippen LogP contribution < -0.4 is 10.2 Å². The number of allylic oxidation sites excluding steroid dienone is 8. The summed E-state index contributed by atoms with van der Waals surface area (Å²) >= 11 is 0. The van der Waals surface area contributed by atoms with Gasteiger partial charge in [0.05, 0.1) is 11.9 Å². The molecule has 0 saturated carbocycles. The molecule has 7 heteroatoms. The number of nitrogens with zero attached hydrogens (tertiary/aromatic N) is 2. The second-order valence-electron chi connectivity index (χ2n) is 15.1. The quantitative estimate of drug-likeness (QED) is 0.0349. The van der Waals surface area contributed by atoms with Gasteiger partial charge in [0.25, 0.3) is 0 Å². The van der Waals surface area contributed by atoms with Crippen molar-refractivity contribution in [3.05, 3.63) is 48.6 Å². The van der Waals surface area contributed by atoms with Crippen molar-refractivity contribution in [2.75, 3.05) is 39.3 Å². The summed E-state index contributed by atoms with van der Waals surface area (Å²) in [7, 11) is 0. The zero-order valence-electron chi connectivity index (χ0n) is 36.9. The number of rotatable bonds is 40. The van der Waals surface area contributed by atoms with E-state index in [4.69, 9.17) is 0 Å². The molecule has 0 aromatic heterocycles. The van der Waals surface area contributed by atoms with E-state index in [9.17, 15) is 19.8 Å². The Morgan fingerprint density at radius 3 is 0.745 bits per heavy atom. The van der Waals surface area contributed by atoms with Crippen LogP contribution in [0.5, 0.6) is 0 Å². The molecular formula is C48H88CaN2O4. The maximum Gasteiger partial charge on any atom is 2.00 e. The van der Waals surface area contributed by atoms with Crippen molar-refractivity contribution in [1.82, 2.24) is 9.80 Å². The van der Waals surface area contributed by atoms with Crippen molar-refractivity contribution in [3.63, 3.8) is 0 Å². The number of carbonyl (C=O) groups excluding carboxylic acids is 2. The monoisotopic (exact) mass is 797 g/mol. The largest absolute Gasteiger partial charge is 2.00 e. The van der Waals surface area contributed by atoms with Gasteiger partial charge in [-0.15, -0.1) is 0 Å². The van der Waals surface area contributed by atoms with Crippen molar-refractivity contribution in [2.45, 2.75) is 207 Å². The normalized spacial score (nSPS) is 11.7. The summed E-state index contributed by atoms with van der Waals surface area (Å²) in [5.74, 6) is -1.89. The fourth-order valence-corrected chi connectivity index (χ4v) is 6.32. The minimum Gasteiger partial charge on any atom is -0.549 e. The molecule has 0 radical (unpaired) electrons. The van der Waals surface area contributed by atoms with E-state index in [1.807, 2.05) is 0 Å². The first-order valence-electron chi connectivity index (χ1n) is 22.8. The Balaban J connectivity index is -0.000000966. The molecule has 0 unspecified atom stereocenters. The molecule has 0 aliphatic heterocycles. The average molecular weight is 797 g/mol. The molecular weight excluding hydrogens is 709 g/mol. The summed E-state index contributed by atoms with van der Waals surface area (Å²) in [5.41, 5.74) is 0. The van der Waals surface area contributed by atoms with E-state index < -0.39 is 11.9 Å². The van der Waals surface area contributed by atoms with E-state index in [0.717, 1.165) is 51.9 Å². The van der Waals surface area contributed by atoms with Crippen molar-refractivity contribution >= 4 is 49.7 Å². The van der Waals surface area contributed by atoms with Crippen molar-refractivity contribution in [3.8, 4) is 0 Å². The van der Waals surface area contributed by atoms with Crippen LogP contribution in [0.25, 0.3) is 0 Å². The SMILES string of the molecule is CCC/C=C/CCCCCCN(CCCCCC/C=C/CCC)CC(=O)[O-].CCC/C=C/CCCCCCN(CCCCCC/C=C/CCC)CC(=O)[O-].[Ca+2]. The molecule has 0 aliphatic carbocycles. The summed E-state index contributed by atoms with van der Waals surface area (Å²) in [6.07, 6.45) is 51.7. The molecule has 0 saturated heterocycles. The number of carbonyl (C=O) groups is 2. The van der Waals surface area contributed by atoms with Crippen LogP contribution >= 0.6 is 0 Å². The van der Waals surface area contributed by atoms with Crippen molar-refractivity contribution in [2.24, 2.45) is 0 Å².